The zero-order valence-corrected chi connectivity index (χ0v) is 8.92. The third-order valence-corrected chi connectivity index (χ3v) is 3.26. The van der Waals surface area contributed by atoms with Crippen molar-refractivity contribution in [3.8, 4) is 10.6 Å². The zero-order chi connectivity index (χ0) is 9.97. The Morgan fingerprint density at radius 3 is 2.93 bits per heavy atom. The average molecular weight is 207 g/mol. The number of hydrogen-bond acceptors (Lipinski definition) is 3. The minimum Gasteiger partial charge on any atom is -0.326 e. The van der Waals surface area contributed by atoms with Gasteiger partial charge in [-0.3, -0.25) is 4.68 Å². The highest BCUT2D eigenvalue weighted by Gasteiger charge is 2.06. The van der Waals surface area contributed by atoms with E-state index in [2.05, 4.69) is 24.2 Å². The summed E-state index contributed by atoms with van der Waals surface area (Å²) in [6, 6.07) is 6.22. The van der Waals surface area contributed by atoms with Crippen molar-refractivity contribution in [2.45, 2.75) is 20.0 Å². The molecule has 2 heterocycles. The number of thiophene rings is 1. The molecule has 3 nitrogen and oxygen atoms in total. The van der Waals surface area contributed by atoms with Gasteiger partial charge in [-0.1, -0.05) is 0 Å². The van der Waals surface area contributed by atoms with E-state index in [1.54, 1.807) is 11.3 Å². The molecule has 2 rings (SSSR count). The normalized spacial score (nSPS) is 10.7. The van der Waals surface area contributed by atoms with Crippen LogP contribution < -0.4 is 5.73 Å². The van der Waals surface area contributed by atoms with E-state index in [0.29, 0.717) is 6.54 Å². The minimum atomic E-state index is 0.616. The van der Waals surface area contributed by atoms with Crippen LogP contribution >= 0.6 is 11.3 Å². The maximum absolute atomic E-state index is 5.58. The number of nitrogens with zero attached hydrogens (tertiary/aromatic N) is 2. The first-order chi connectivity index (χ1) is 6.85. The molecule has 2 N–H and O–H groups in total. The molecular weight excluding hydrogens is 194 g/mol. The van der Waals surface area contributed by atoms with E-state index in [0.717, 1.165) is 6.54 Å². The summed E-state index contributed by atoms with van der Waals surface area (Å²) in [6.45, 7) is 3.61. The summed E-state index contributed by atoms with van der Waals surface area (Å²) < 4.78 is 1.99. The van der Waals surface area contributed by atoms with E-state index < -0.39 is 0 Å². The Kier molecular flexibility index (Phi) is 2.65. The average Bonchev–Trinajstić information content (AvgIpc) is 2.85. The summed E-state index contributed by atoms with van der Waals surface area (Å²) in [5.74, 6) is 0. The molecule has 0 amide bonds. The number of hydrogen-bond donors (Lipinski definition) is 1. The Labute approximate surface area is 87.2 Å². The van der Waals surface area contributed by atoms with E-state index in [-0.39, 0.29) is 0 Å². The maximum Gasteiger partial charge on any atom is 0.0781 e. The van der Waals surface area contributed by atoms with Gasteiger partial charge in [-0.2, -0.15) is 5.10 Å². The lowest BCUT2D eigenvalue weighted by Crippen LogP contribution is -1.97. The van der Waals surface area contributed by atoms with Gasteiger partial charge in [0.2, 0.25) is 0 Å². The number of rotatable bonds is 3. The van der Waals surface area contributed by atoms with Gasteiger partial charge in [-0.05, 0) is 25.1 Å². The van der Waals surface area contributed by atoms with Crippen LogP contribution in [-0.2, 0) is 13.1 Å². The van der Waals surface area contributed by atoms with Crippen molar-refractivity contribution in [2.75, 3.05) is 0 Å². The Morgan fingerprint density at radius 1 is 1.43 bits per heavy atom. The molecule has 0 saturated heterocycles. The fourth-order valence-corrected chi connectivity index (χ4v) is 2.34. The standard InChI is InChI=1S/C10H13N3S/c1-2-13-9(5-6-12-13)10-4-3-8(7-11)14-10/h3-6H,2,7,11H2,1H3. The van der Waals surface area contributed by atoms with Gasteiger partial charge in [0.15, 0.2) is 0 Å². The van der Waals surface area contributed by atoms with E-state index in [1.165, 1.54) is 15.4 Å². The molecule has 0 unspecified atom stereocenters. The number of nitrogens with two attached hydrogens (primary N) is 1. The summed E-state index contributed by atoms with van der Waals surface area (Å²) in [7, 11) is 0. The van der Waals surface area contributed by atoms with Crippen molar-refractivity contribution in [3.63, 3.8) is 0 Å². The predicted molar refractivity (Wildman–Crippen MR) is 59.1 cm³/mol. The Bertz CT molecular complexity index is 416. The summed E-state index contributed by atoms with van der Waals surface area (Å²) in [6.07, 6.45) is 1.83. The fourth-order valence-electron chi connectivity index (χ4n) is 1.42. The van der Waals surface area contributed by atoms with Crippen molar-refractivity contribution in [1.29, 1.82) is 0 Å². The maximum atomic E-state index is 5.58. The van der Waals surface area contributed by atoms with Crippen molar-refractivity contribution in [3.05, 3.63) is 29.3 Å². The molecular formula is C10H13N3S. The van der Waals surface area contributed by atoms with Crippen LogP contribution in [0.25, 0.3) is 10.6 Å². The second-order valence-electron chi connectivity index (χ2n) is 3.00. The summed E-state index contributed by atoms with van der Waals surface area (Å²) >= 11 is 1.73. The summed E-state index contributed by atoms with van der Waals surface area (Å²) in [4.78, 5) is 2.45. The van der Waals surface area contributed by atoms with E-state index in [1.807, 2.05) is 16.9 Å². The molecule has 2 aromatic rings. The van der Waals surface area contributed by atoms with Crippen molar-refractivity contribution >= 4 is 11.3 Å². The van der Waals surface area contributed by atoms with Crippen LogP contribution in [0.5, 0.6) is 0 Å². The fraction of sp³-hybridized carbons (Fsp3) is 0.300. The molecule has 14 heavy (non-hydrogen) atoms. The Balaban J connectivity index is 2.38. The van der Waals surface area contributed by atoms with E-state index >= 15 is 0 Å². The van der Waals surface area contributed by atoms with Gasteiger partial charge < -0.3 is 5.73 Å². The molecule has 4 heteroatoms. The molecule has 0 aliphatic rings. The third kappa shape index (κ3) is 1.58. The summed E-state index contributed by atoms with van der Waals surface area (Å²) in [5.41, 5.74) is 6.75. The van der Waals surface area contributed by atoms with Crippen LogP contribution in [0.4, 0.5) is 0 Å². The van der Waals surface area contributed by atoms with Crippen LogP contribution in [0, 0.1) is 0 Å². The number of aryl methyl sites for hydroxylation is 1. The molecule has 0 spiro atoms. The van der Waals surface area contributed by atoms with E-state index in [9.17, 15) is 0 Å². The van der Waals surface area contributed by atoms with Gasteiger partial charge in [0.1, 0.15) is 0 Å². The highest BCUT2D eigenvalue weighted by molar-refractivity contribution is 7.15. The third-order valence-electron chi connectivity index (χ3n) is 2.13. The molecule has 0 aromatic carbocycles. The van der Waals surface area contributed by atoms with Gasteiger partial charge in [0, 0.05) is 24.2 Å². The first-order valence-electron chi connectivity index (χ1n) is 4.66. The van der Waals surface area contributed by atoms with Crippen LogP contribution in [0.3, 0.4) is 0 Å². The van der Waals surface area contributed by atoms with E-state index in [4.69, 9.17) is 5.73 Å². The molecule has 0 saturated carbocycles. The molecule has 74 valence electrons. The first kappa shape index (κ1) is 9.43. The lowest BCUT2D eigenvalue weighted by molar-refractivity contribution is 0.668. The molecule has 0 bridgehead atoms. The van der Waals surface area contributed by atoms with Crippen LogP contribution in [0.2, 0.25) is 0 Å². The van der Waals surface area contributed by atoms with Gasteiger partial charge in [-0.25, -0.2) is 0 Å². The highest BCUT2D eigenvalue weighted by Crippen LogP contribution is 2.27. The van der Waals surface area contributed by atoms with Crippen molar-refractivity contribution < 1.29 is 0 Å². The van der Waals surface area contributed by atoms with Crippen LogP contribution in [0.15, 0.2) is 24.4 Å². The van der Waals surface area contributed by atoms with Gasteiger partial charge in [0.25, 0.3) is 0 Å². The SMILES string of the molecule is CCn1nccc1-c1ccc(CN)s1. The first-order valence-corrected chi connectivity index (χ1v) is 5.47. The minimum absolute atomic E-state index is 0.616. The quantitative estimate of drug-likeness (QED) is 0.837. The topological polar surface area (TPSA) is 43.8 Å². The van der Waals surface area contributed by atoms with Crippen LogP contribution in [-0.4, -0.2) is 9.78 Å². The molecule has 0 aliphatic carbocycles. The molecule has 0 fully saturated rings. The van der Waals surface area contributed by atoms with Gasteiger partial charge in [0.05, 0.1) is 10.6 Å². The van der Waals surface area contributed by atoms with Crippen molar-refractivity contribution in [1.82, 2.24) is 9.78 Å². The predicted octanol–water partition coefficient (Wildman–Crippen LogP) is 2.09. The van der Waals surface area contributed by atoms with Crippen molar-refractivity contribution in [2.24, 2.45) is 5.73 Å². The van der Waals surface area contributed by atoms with Gasteiger partial charge >= 0.3 is 0 Å². The molecule has 2 aromatic heterocycles. The van der Waals surface area contributed by atoms with Gasteiger partial charge in [-0.15, -0.1) is 11.3 Å². The lowest BCUT2D eigenvalue weighted by Gasteiger charge is -2.00. The molecule has 0 aliphatic heterocycles. The Morgan fingerprint density at radius 2 is 2.29 bits per heavy atom. The van der Waals surface area contributed by atoms with Crippen LogP contribution in [0.1, 0.15) is 11.8 Å². The second-order valence-corrected chi connectivity index (χ2v) is 4.17. The number of aromatic nitrogens is 2. The monoisotopic (exact) mass is 207 g/mol. The Hall–Kier alpha value is -1.13. The molecule has 0 atom stereocenters. The smallest absolute Gasteiger partial charge is 0.0781 e. The second kappa shape index (κ2) is 3.94. The molecule has 0 radical (unpaired) electrons. The summed E-state index contributed by atoms with van der Waals surface area (Å²) in [5, 5.41) is 4.24. The zero-order valence-electron chi connectivity index (χ0n) is 8.10. The largest absolute Gasteiger partial charge is 0.326 e. The highest BCUT2D eigenvalue weighted by atomic mass is 32.1. The lowest BCUT2D eigenvalue weighted by atomic mass is 10.3.